The highest BCUT2D eigenvalue weighted by Crippen LogP contribution is 2.25. The number of imidazole rings is 1. The Kier molecular flexibility index (Phi) is 6.35. The van der Waals surface area contributed by atoms with Crippen molar-refractivity contribution in [1.82, 2.24) is 9.55 Å². The minimum absolute atomic E-state index is 0.0810. The van der Waals surface area contributed by atoms with E-state index in [1.807, 2.05) is 59.3 Å². The molecule has 6 nitrogen and oxygen atoms in total. The molecule has 166 valence electrons. The highest BCUT2D eigenvalue weighted by atomic mass is 32.2. The van der Waals surface area contributed by atoms with E-state index in [1.54, 1.807) is 6.20 Å². The fraction of sp³-hybridized carbons (Fsp3) is 0.320. The molecular formula is C25H26N2O4S. The maximum atomic E-state index is 11.3. The van der Waals surface area contributed by atoms with E-state index in [0.29, 0.717) is 5.75 Å². The molecule has 0 unspecified atom stereocenters. The van der Waals surface area contributed by atoms with Crippen molar-refractivity contribution in [3.05, 3.63) is 72.3 Å². The Labute approximate surface area is 188 Å². The Balaban J connectivity index is 1.43. The van der Waals surface area contributed by atoms with Crippen LogP contribution >= 0.6 is 0 Å². The number of rotatable bonds is 6. The predicted molar refractivity (Wildman–Crippen MR) is 124 cm³/mol. The minimum Gasteiger partial charge on any atom is -0.488 e. The summed E-state index contributed by atoms with van der Waals surface area (Å²) in [6.07, 6.45) is 3.34. The van der Waals surface area contributed by atoms with E-state index in [9.17, 15) is 13.5 Å². The third kappa shape index (κ3) is 5.04. The van der Waals surface area contributed by atoms with Gasteiger partial charge in [-0.15, -0.1) is 0 Å². The summed E-state index contributed by atoms with van der Waals surface area (Å²) in [4.78, 5) is 4.37. The van der Waals surface area contributed by atoms with Crippen molar-refractivity contribution in [2.24, 2.45) is 0 Å². The van der Waals surface area contributed by atoms with E-state index < -0.39 is 9.84 Å². The molecule has 1 fully saturated rings. The lowest BCUT2D eigenvalue weighted by Crippen LogP contribution is -2.45. The van der Waals surface area contributed by atoms with E-state index in [2.05, 4.69) is 30.7 Å². The van der Waals surface area contributed by atoms with Gasteiger partial charge in [0.1, 0.15) is 23.7 Å². The number of aliphatic hydroxyl groups excluding tert-OH is 1. The van der Waals surface area contributed by atoms with Gasteiger partial charge in [-0.3, -0.25) is 0 Å². The molecule has 0 amide bonds. The highest BCUT2D eigenvalue weighted by molar-refractivity contribution is 7.92. The fourth-order valence-electron chi connectivity index (χ4n) is 3.66. The molecule has 0 aliphatic carbocycles. The second-order valence-corrected chi connectivity index (χ2v) is 10.4. The smallest absolute Gasteiger partial charge is 0.157 e. The van der Waals surface area contributed by atoms with Crippen LogP contribution in [0.2, 0.25) is 0 Å². The van der Waals surface area contributed by atoms with Crippen LogP contribution < -0.4 is 4.74 Å². The Bertz CT molecular complexity index is 1220. The first-order chi connectivity index (χ1) is 15.3. The molecule has 0 bridgehead atoms. The largest absolute Gasteiger partial charge is 0.488 e. The molecule has 1 aliphatic heterocycles. The van der Waals surface area contributed by atoms with E-state index in [1.165, 1.54) is 0 Å². The van der Waals surface area contributed by atoms with Gasteiger partial charge in [0.05, 0.1) is 18.1 Å². The lowest BCUT2D eigenvalue weighted by atomic mass is 10.0. The van der Waals surface area contributed by atoms with E-state index in [0.717, 1.165) is 22.5 Å². The van der Waals surface area contributed by atoms with Crippen LogP contribution in [0.15, 0.2) is 60.9 Å². The molecule has 32 heavy (non-hydrogen) atoms. The summed E-state index contributed by atoms with van der Waals surface area (Å²) in [5.41, 5.74) is 2.94. The van der Waals surface area contributed by atoms with Crippen molar-refractivity contribution in [2.75, 3.05) is 18.1 Å². The first-order valence-electron chi connectivity index (χ1n) is 10.6. The molecule has 0 saturated carbocycles. The van der Waals surface area contributed by atoms with Crippen molar-refractivity contribution in [3.63, 3.8) is 0 Å². The van der Waals surface area contributed by atoms with E-state index in [4.69, 9.17) is 4.74 Å². The number of hydrogen-bond donors (Lipinski definition) is 1. The fourth-order valence-corrected chi connectivity index (χ4v) is 4.83. The van der Waals surface area contributed by atoms with Crippen molar-refractivity contribution in [3.8, 4) is 28.7 Å². The molecule has 1 atom stereocenters. The van der Waals surface area contributed by atoms with Gasteiger partial charge < -0.3 is 14.4 Å². The van der Waals surface area contributed by atoms with Gasteiger partial charge >= 0.3 is 0 Å². The molecule has 0 radical (unpaired) electrons. The molecular weight excluding hydrogens is 424 g/mol. The van der Waals surface area contributed by atoms with Gasteiger partial charge in [0.15, 0.2) is 9.84 Å². The van der Waals surface area contributed by atoms with Crippen molar-refractivity contribution in [2.45, 2.75) is 31.9 Å². The monoisotopic (exact) mass is 450 g/mol. The quantitative estimate of drug-likeness (QED) is 0.582. The van der Waals surface area contributed by atoms with Crippen LogP contribution in [0.1, 0.15) is 37.2 Å². The first kappa shape index (κ1) is 22.1. The second-order valence-electron chi connectivity index (χ2n) is 8.23. The number of benzene rings is 2. The summed E-state index contributed by atoms with van der Waals surface area (Å²) in [6.45, 7) is 4.05. The van der Waals surface area contributed by atoms with Gasteiger partial charge in [0.2, 0.25) is 0 Å². The Morgan fingerprint density at radius 2 is 1.72 bits per heavy atom. The molecule has 7 heteroatoms. The zero-order chi connectivity index (χ0) is 22.7. The number of aliphatic hydroxyl groups is 1. The average Bonchev–Trinajstić information content (AvgIpc) is 3.24. The molecule has 3 aromatic rings. The summed E-state index contributed by atoms with van der Waals surface area (Å²) in [7, 11) is -2.89. The molecule has 2 aromatic carbocycles. The lowest BCUT2D eigenvalue weighted by Gasteiger charge is -2.26. The molecule has 1 aromatic heterocycles. The van der Waals surface area contributed by atoms with Crippen molar-refractivity contribution < 1.29 is 18.3 Å². The van der Waals surface area contributed by atoms with Gasteiger partial charge in [-0.05, 0) is 35.4 Å². The van der Waals surface area contributed by atoms with Crippen LogP contribution in [0.5, 0.6) is 5.75 Å². The van der Waals surface area contributed by atoms with Gasteiger partial charge in [0.25, 0.3) is 0 Å². The summed E-state index contributed by atoms with van der Waals surface area (Å²) in [6, 6.07) is 15.2. The number of ether oxygens (including phenoxy) is 1. The normalized spacial score (nSPS) is 16.1. The van der Waals surface area contributed by atoms with Crippen LogP contribution in [-0.2, 0) is 9.84 Å². The van der Waals surface area contributed by atoms with Crippen LogP contribution in [0.3, 0.4) is 0 Å². The van der Waals surface area contributed by atoms with Gasteiger partial charge in [0, 0.05) is 23.9 Å². The maximum Gasteiger partial charge on any atom is 0.157 e. The highest BCUT2D eigenvalue weighted by Gasteiger charge is 2.35. The minimum atomic E-state index is -2.89. The molecule has 2 heterocycles. The number of aromatic nitrogens is 2. The summed E-state index contributed by atoms with van der Waals surface area (Å²) < 4.78 is 30.1. The molecule has 1 aliphatic rings. The summed E-state index contributed by atoms with van der Waals surface area (Å²) >= 11 is 0. The summed E-state index contributed by atoms with van der Waals surface area (Å²) in [5, 5.41) is 9.81. The van der Waals surface area contributed by atoms with Crippen LogP contribution in [0.25, 0.3) is 11.1 Å². The second kappa shape index (κ2) is 9.19. The van der Waals surface area contributed by atoms with Crippen LogP contribution in [0.4, 0.5) is 0 Å². The first-order valence-corrected chi connectivity index (χ1v) is 12.4. The average molecular weight is 451 g/mol. The van der Waals surface area contributed by atoms with Crippen molar-refractivity contribution >= 4 is 9.84 Å². The topological polar surface area (TPSA) is 81.4 Å². The molecule has 4 rings (SSSR count). The maximum absolute atomic E-state index is 11.3. The third-order valence-electron chi connectivity index (χ3n) is 5.36. The molecule has 0 spiro atoms. The standard InChI is InChI=1S/C25H26N2O4S/c1-18(2)25-26-13-14-27(25)22(15-28)10-5-19-3-6-20(7-4-19)21-8-11-23(12-9-21)31-24-16-32(29,30)17-24/h3-4,6-9,11-14,18,22,24,28H,15-17H2,1-2H3/t22-/m0/s1. The Morgan fingerprint density at radius 1 is 1.09 bits per heavy atom. The van der Waals surface area contributed by atoms with Gasteiger partial charge in [-0.1, -0.05) is 50.0 Å². The lowest BCUT2D eigenvalue weighted by molar-refractivity contribution is 0.230. The van der Waals surface area contributed by atoms with E-state index >= 15 is 0 Å². The van der Waals surface area contributed by atoms with Crippen molar-refractivity contribution in [1.29, 1.82) is 0 Å². The number of sulfone groups is 1. The van der Waals surface area contributed by atoms with Crippen LogP contribution in [0, 0.1) is 11.8 Å². The molecule has 1 saturated heterocycles. The van der Waals surface area contributed by atoms with Gasteiger partial charge in [-0.2, -0.15) is 0 Å². The summed E-state index contributed by atoms with van der Waals surface area (Å²) in [5.74, 6) is 8.31. The number of nitrogens with zero attached hydrogens (tertiary/aromatic N) is 2. The molecule has 1 N–H and O–H groups in total. The van der Waals surface area contributed by atoms with Crippen LogP contribution in [-0.4, -0.2) is 47.3 Å². The van der Waals surface area contributed by atoms with E-state index in [-0.39, 0.29) is 36.2 Å². The zero-order valence-electron chi connectivity index (χ0n) is 18.1. The SMILES string of the molecule is CC(C)c1nccn1[C@@H](C#Cc1ccc(-c2ccc(OC3CS(=O)(=O)C3)cc2)cc1)CO. The Hall–Kier alpha value is -3.08. The predicted octanol–water partition coefficient (Wildman–Crippen LogP) is 3.43. The number of hydrogen-bond acceptors (Lipinski definition) is 5. The third-order valence-corrected chi connectivity index (χ3v) is 7.12. The zero-order valence-corrected chi connectivity index (χ0v) is 18.9. The Morgan fingerprint density at radius 3 is 2.28 bits per heavy atom. The van der Waals surface area contributed by atoms with Gasteiger partial charge in [-0.25, -0.2) is 13.4 Å².